The van der Waals surface area contributed by atoms with Gasteiger partial charge >= 0.3 is 6.03 Å². The molecule has 0 unspecified atom stereocenters. The average Bonchev–Trinajstić information content (AvgIpc) is 2.77. The minimum Gasteiger partial charge on any atom is -0.352 e. The van der Waals surface area contributed by atoms with Crippen molar-refractivity contribution in [1.82, 2.24) is 15.5 Å². The van der Waals surface area contributed by atoms with Gasteiger partial charge in [0.2, 0.25) is 5.91 Å². The second-order valence-corrected chi connectivity index (χ2v) is 8.02. The lowest BCUT2D eigenvalue weighted by molar-refractivity contribution is -0.136. The average molecular weight is 335 g/mol. The maximum absolute atomic E-state index is 12.8. The van der Waals surface area contributed by atoms with Crippen LogP contribution in [0.5, 0.6) is 0 Å². The lowest BCUT2D eigenvalue weighted by atomic mass is 9.77. The van der Waals surface area contributed by atoms with E-state index in [0.29, 0.717) is 24.7 Å². The molecule has 1 saturated heterocycles. The zero-order valence-electron chi connectivity index (χ0n) is 14.8. The van der Waals surface area contributed by atoms with E-state index in [1.54, 1.807) is 0 Å². The fourth-order valence-corrected chi connectivity index (χ4v) is 4.34. The Balaban J connectivity index is 1.59. The smallest absolute Gasteiger partial charge is 0.325 e. The quantitative estimate of drug-likeness (QED) is 0.776. The van der Waals surface area contributed by atoms with Gasteiger partial charge in [-0.15, -0.1) is 0 Å². The second kappa shape index (κ2) is 6.73. The highest BCUT2D eigenvalue weighted by atomic mass is 16.2. The Morgan fingerprint density at radius 1 is 1.17 bits per heavy atom. The first kappa shape index (κ1) is 17.2. The van der Waals surface area contributed by atoms with E-state index < -0.39 is 11.6 Å². The van der Waals surface area contributed by atoms with Crippen molar-refractivity contribution in [2.75, 3.05) is 6.54 Å². The van der Waals surface area contributed by atoms with Crippen LogP contribution in [0.4, 0.5) is 4.79 Å². The van der Waals surface area contributed by atoms with Crippen molar-refractivity contribution in [1.29, 1.82) is 0 Å². The van der Waals surface area contributed by atoms with E-state index >= 15 is 0 Å². The van der Waals surface area contributed by atoms with E-state index in [1.807, 2.05) is 0 Å². The summed E-state index contributed by atoms with van der Waals surface area (Å²) < 4.78 is 0. The first-order valence-corrected chi connectivity index (χ1v) is 9.35. The van der Waals surface area contributed by atoms with Gasteiger partial charge < -0.3 is 10.6 Å². The van der Waals surface area contributed by atoms with Crippen molar-refractivity contribution in [3.63, 3.8) is 0 Å². The maximum atomic E-state index is 12.8. The van der Waals surface area contributed by atoms with Gasteiger partial charge in [0.25, 0.3) is 5.91 Å². The van der Waals surface area contributed by atoms with Crippen molar-refractivity contribution in [3.8, 4) is 0 Å². The Morgan fingerprint density at radius 3 is 2.50 bits per heavy atom. The normalized spacial score (nSPS) is 36.8. The molecule has 24 heavy (non-hydrogen) atoms. The second-order valence-electron chi connectivity index (χ2n) is 8.02. The van der Waals surface area contributed by atoms with Crippen molar-refractivity contribution in [2.24, 2.45) is 11.8 Å². The molecule has 6 nitrogen and oxygen atoms in total. The number of carbonyl (C=O) groups excluding carboxylic acids is 3. The summed E-state index contributed by atoms with van der Waals surface area (Å²) in [6.45, 7) is 4.16. The zero-order valence-corrected chi connectivity index (χ0v) is 14.8. The highest BCUT2D eigenvalue weighted by molar-refractivity contribution is 6.09. The van der Waals surface area contributed by atoms with Crippen LogP contribution >= 0.6 is 0 Å². The Hall–Kier alpha value is -1.59. The van der Waals surface area contributed by atoms with Crippen LogP contribution in [0.3, 0.4) is 0 Å². The predicted octanol–water partition coefficient (Wildman–Crippen LogP) is 2.18. The molecule has 3 fully saturated rings. The van der Waals surface area contributed by atoms with Crippen molar-refractivity contribution >= 4 is 17.8 Å². The zero-order chi connectivity index (χ0) is 17.3. The molecule has 3 rings (SSSR count). The lowest BCUT2D eigenvalue weighted by Gasteiger charge is -2.33. The predicted molar refractivity (Wildman–Crippen MR) is 90.2 cm³/mol. The third-order valence-electron chi connectivity index (χ3n) is 6.13. The summed E-state index contributed by atoms with van der Waals surface area (Å²) in [6.07, 6.45) is 7.66. The largest absolute Gasteiger partial charge is 0.352 e. The maximum Gasteiger partial charge on any atom is 0.325 e. The number of urea groups is 1. The molecule has 6 heteroatoms. The summed E-state index contributed by atoms with van der Waals surface area (Å²) in [7, 11) is 0. The van der Waals surface area contributed by atoms with Gasteiger partial charge in [-0.1, -0.05) is 26.7 Å². The van der Waals surface area contributed by atoms with Crippen LogP contribution in [-0.2, 0) is 9.59 Å². The van der Waals surface area contributed by atoms with Gasteiger partial charge in [-0.05, 0) is 50.4 Å². The number of carbonyl (C=O) groups is 3. The molecule has 1 aliphatic heterocycles. The highest BCUT2D eigenvalue weighted by Gasteiger charge is 2.52. The van der Waals surface area contributed by atoms with E-state index in [4.69, 9.17) is 0 Å². The van der Waals surface area contributed by atoms with Crippen LogP contribution < -0.4 is 10.6 Å². The van der Waals surface area contributed by atoms with E-state index in [9.17, 15) is 14.4 Å². The van der Waals surface area contributed by atoms with E-state index in [2.05, 4.69) is 24.5 Å². The molecule has 0 radical (unpaired) electrons. The van der Waals surface area contributed by atoms with Gasteiger partial charge in [0, 0.05) is 6.04 Å². The lowest BCUT2D eigenvalue weighted by Crippen LogP contribution is -2.50. The van der Waals surface area contributed by atoms with Gasteiger partial charge in [-0.2, -0.15) is 0 Å². The van der Waals surface area contributed by atoms with Crippen LogP contribution in [0.1, 0.15) is 65.2 Å². The van der Waals surface area contributed by atoms with Gasteiger partial charge in [0.05, 0.1) is 0 Å². The summed E-state index contributed by atoms with van der Waals surface area (Å²) in [5.41, 5.74) is -0.762. The van der Waals surface area contributed by atoms with E-state index in [1.165, 1.54) is 6.42 Å². The minimum atomic E-state index is -0.762. The van der Waals surface area contributed by atoms with Crippen LogP contribution in [0, 0.1) is 11.8 Å². The summed E-state index contributed by atoms with van der Waals surface area (Å²) in [5.74, 6) is 0.604. The molecule has 134 valence electrons. The number of nitrogens with one attached hydrogen (secondary N) is 2. The number of hydrogen-bond acceptors (Lipinski definition) is 3. The Morgan fingerprint density at radius 2 is 1.83 bits per heavy atom. The standard InChI is InChI=1S/C18H29N3O3/c1-12-7-9-18(10-8-12)16(23)21(17(24)20-18)11-15(22)19-14-6-4-3-5-13(14)2/h12-14H,3-11H2,1-2H3,(H,19,22)(H,20,24)/t12?,13-,14+,18?/m1/s1. The number of amides is 4. The third kappa shape index (κ3) is 3.28. The van der Waals surface area contributed by atoms with Crippen LogP contribution in [0.15, 0.2) is 0 Å². The van der Waals surface area contributed by atoms with Gasteiger partial charge in [-0.25, -0.2) is 4.79 Å². The molecule has 0 aromatic carbocycles. The topological polar surface area (TPSA) is 78.5 Å². The molecule has 1 heterocycles. The molecule has 0 aromatic heterocycles. The fourth-order valence-electron chi connectivity index (χ4n) is 4.34. The highest BCUT2D eigenvalue weighted by Crippen LogP contribution is 2.36. The van der Waals surface area contributed by atoms with Gasteiger partial charge in [0.1, 0.15) is 12.1 Å². The minimum absolute atomic E-state index is 0.162. The molecule has 2 saturated carbocycles. The Labute approximate surface area is 143 Å². The third-order valence-corrected chi connectivity index (χ3v) is 6.13. The first-order valence-electron chi connectivity index (χ1n) is 9.35. The first-order chi connectivity index (χ1) is 11.4. The number of hydrogen-bond donors (Lipinski definition) is 2. The van der Waals surface area contributed by atoms with Gasteiger partial charge in [-0.3, -0.25) is 14.5 Å². The molecule has 2 aliphatic carbocycles. The molecule has 2 N–H and O–H groups in total. The van der Waals surface area contributed by atoms with Crippen LogP contribution in [-0.4, -0.2) is 40.9 Å². The molecule has 0 bridgehead atoms. The van der Waals surface area contributed by atoms with E-state index in [-0.39, 0.29) is 24.4 Å². The van der Waals surface area contributed by atoms with E-state index in [0.717, 1.165) is 37.0 Å². The SMILES string of the molecule is CC1CCC2(CC1)NC(=O)N(CC(=O)N[C@H]1CCCC[C@H]1C)C2=O. The molecule has 2 atom stereocenters. The molecule has 0 aromatic rings. The molecular weight excluding hydrogens is 306 g/mol. The molecular formula is C18H29N3O3. The summed E-state index contributed by atoms with van der Waals surface area (Å²) >= 11 is 0. The monoisotopic (exact) mass is 335 g/mol. The Kier molecular flexibility index (Phi) is 4.83. The van der Waals surface area contributed by atoms with Crippen molar-refractivity contribution < 1.29 is 14.4 Å². The van der Waals surface area contributed by atoms with Crippen LogP contribution in [0.25, 0.3) is 0 Å². The fraction of sp³-hybridized carbons (Fsp3) is 0.833. The molecule has 1 spiro atoms. The van der Waals surface area contributed by atoms with Crippen molar-refractivity contribution in [3.05, 3.63) is 0 Å². The number of nitrogens with zero attached hydrogens (tertiary/aromatic N) is 1. The van der Waals surface area contributed by atoms with Crippen LogP contribution in [0.2, 0.25) is 0 Å². The van der Waals surface area contributed by atoms with Gasteiger partial charge in [0.15, 0.2) is 0 Å². The molecule has 3 aliphatic rings. The molecule has 4 amide bonds. The summed E-state index contributed by atoms with van der Waals surface area (Å²) in [5, 5.41) is 5.89. The summed E-state index contributed by atoms with van der Waals surface area (Å²) in [6, 6.07) is -0.252. The number of imide groups is 1. The van der Waals surface area contributed by atoms with Crippen molar-refractivity contribution in [2.45, 2.75) is 76.8 Å². The number of rotatable bonds is 3. The summed E-state index contributed by atoms with van der Waals surface area (Å²) in [4.78, 5) is 38.5. The Bertz CT molecular complexity index is 526.